The number of hydrogen-bond donors (Lipinski definition) is 2. The zero-order chi connectivity index (χ0) is 15.0. The van der Waals surface area contributed by atoms with Gasteiger partial charge in [-0.15, -0.1) is 0 Å². The van der Waals surface area contributed by atoms with Crippen molar-refractivity contribution < 1.29 is 5.11 Å². The maximum absolute atomic E-state index is 10.6. The molecule has 2 unspecified atom stereocenters. The lowest BCUT2D eigenvalue weighted by Crippen LogP contribution is -2.30. The fourth-order valence-electron chi connectivity index (χ4n) is 3.64. The molecule has 2 N–H and O–H groups in total. The molecule has 0 aliphatic heterocycles. The van der Waals surface area contributed by atoms with Crippen LogP contribution in [0.3, 0.4) is 0 Å². The molecular formula is C19H25NO. The van der Waals surface area contributed by atoms with E-state index in [-0.39, 0.29) is 6.04 Å². The van der Waals surface area contributed by atoms with Crippen molar-refractivity contribution in [3.05, 3.63) is 42.0 Å². The molecule has 0 radical (unpaired) electrons. The van der Waals surface area contributed by atoms with Crippen LogP contribution in [0.1, 0.15) is 51.6 Å². The van der Waals surface area contributed by atoms with Gasteiger partial charge in [-0.25, -0.2) is 0 Å². The van der Waals surface area contributed by atoms with Crippen LogP contribution in [0.5, 0.6) is 5.75 Å². The minimum atomic E-state index is 0.175. The topological polar surface area (TPSA) is 32.3 Å². The number of fused-ring (bicyclic) bond motifs is 1. The van der Waals surface area contributed by atoms with E-state index in [0.29, 0.717) is 17.2 Å². The summed E-state index contributed by atoms with van der Waals surface area (Å²) in [5.74, 6) is 0.422. The van der Waals surface area contributed by atoms with Gasteiger partial charge in [-0.2, -0.15) is 0 Å². The highest BCUT2D eigenvalue weighted by Gasteiger charge is 2.31. The van der Waals surface area contributed by atoms with Gasteiger partial charge < -0.3 is 10.4 Å². The summed E-state index contributed by atoms with van der Waals surface area (Å²) in [6.07, 6.45) is 3.72. The van der Waals surface area contributed by atoms with Crippen LogP contribution in [0.2, 0.25) is 0 Å². The third-order valence-electron chi connectivity index (χ3n) is 4.85. The number of nitrogens with one attached hydrogen (secondary N) is 1. The van der Waals surface area contributed by atoms with Crippen LogP contribution in [-0.4, -0.2) is 11.1 Å². The van der Waals surface area contributed by atoms with E-state index in [9.17, 15) is 5.11 Å². The number of benzene rings is 2. The van der Waals surface area contributed by atoms with Crippen molar-refractivity contribution in [1.82, 2.24) is 5.32 Å². The Balaban J connectivity index is 1.82. The molecule has 0 spiro atoms. The Morgan fingerprint density at radius 1 is 1.19 bits per heavy atom. The first-order chi connectivity index (χ1) is 9.96. The molecule has 1 fully saturated rings. The zero-order valence-electron chi connectivity index (χ0n) is 13.2. The molecule has 3 rings (SSSR count). The normalized spacial score (nSPS) is 22.5. The summed E-state index contributed by atoms with van der Waals surface area (Å²) in [7, 11) is 0. The molecule has 2 aromatic carbocycles. The maximum Gasteiger partial charge on any atom is 0.128 e. The van der Waals surface area contributed by atoms with Crippen LogP contribution < -0.4 is 5.32 Å². The monoisotopic (exact) mass is 283 g/mol. The van der Waals surface area contributed by atoms with Crippen LogP contribution in [0.15, 0.2) is 36.4 Å². The molecule has 2 aromatic rings. The second-order valence-electron chi connectivity index (χ2n) is 7.22. The Morgan fingerprint density at radius 3 is 2.67 bits per heavy atom. The quantitative estimate of drug-likeness (QED) is 0.850. The average molecular weight is 283 g/mol. The summed E-state index contributed by atoms with van der Waals surface area (Å²) in [6, 6.07) is 12.9. The van der Waals surface area contributed by atoms with Gasteiger partial charge in [0, 0.05) is 23.0 Å². The van der Waals surface area contributed by atoms with Crippen LogP contribution in [-0.2, 0) is 0 Å². The van der Waals surface area contributed by atoms with Gasteiger partial charge in [0.25, 0.3) is 0 Å². The smallest absolute Gasteiger partial charge is 0.128 e. The van der Waals surface area contributed by atoms with Crippen molar-refractivity contribution in [3.8, 4) is 5.75 Å². The van der Waals surface area contributed by atoms with Gasteiger partial charge in [-0.05, 0) is 37.0 Å². The Labute approximate surface area is 127 Å². The predicted octanol–water partition coefficient (Wildman–Crippen LogP) is 4.77. The summed E-state index contributed by atoms with van der Waals surface area (Å²) in [4.78, 5) is 0. The molecular weight excluding hydrogens is 258 g/mol. The van der Waals surface area contributed by atoms with Crippen molar-refractivity contribution in [2.75, 3.05) is 0 Å². The molecule has 0 saturated heterocycles. The van der Waals surface area contributed by atoms with Gasteiger partial charge in [-0.3, -0.25) is 0 Å². The number of hydrogen-bond acceptors (Lipinski definition) is 2. The summed E-state index contributed by atoms with van der Waals surface area (Å²) in [5, 5.41) is 16.3. The van der Waals surface area contributed by atoms with E-state index < -0.39 is 0 Å². The standard InChI is InChI=1S/C19H25NO/c1-13(20-15-10-11-19(2,3)12-15)16-9-8-14-6-4-5-7-17(14)18(16)21/h4-9,13,15,20-21H,10-12H2,1-3H3. The van der Waals surface area contributed by atoms with Gasteiger partial charge in [0.2, 0.25) is 0 Å². The third kappa shape index (κ3) is 2.91. The lowest BCUT2D eigenvalue weighted by molar-refractivity contribution is 0.354. The lowest BCUT2D eigenvalue weighted by atomic mass is 9.91. The second kappa shape index (κ2) is 5.34. The van der Waals surface area contributed by atoms with Crippen LogP contribution in [0.25, 0.3) is 10.8 Å². The summed E-state index contributed by atoms with van der Waals surface area (Å²) in [6.45, 7) is 6.83. The molecule has 1 saturated carbocycles. The maximum atomic E-state index is 10.6. The van der Waals surface area contributed by atoms with Gasteiger partial charge >= 0.3 is 0 Å². The highest BCUT2D eigenvalue weighted by molar-refractivity contribution is 5.89. The van der Waals surface area contributed by atoms with E-state index in [1.807, 2.05) is 24.3 Å². The Morgan fingerprint density at radius 2 is 1.95 bits per heavy atom. The fourth-order valence-corrected chi connectivity index (χ4v) is 3.64. The molecule has 1 aliphatic carbocycles. The second-order valence-corrected chi connectivity index (χ2v) is 7.22. The fraction of sp³-hybridized carbons (Fsp3) is 0.474. The highest BCUT2D eigenvalue weighted by atomic mass is 16.3. The van der Waals surface area contributed by atoms with E-state index in [1.54, 1.807) is 0 Å². The van der Waals surface area contributed by atoms with Gasteiger partial charge in [-0.1, -0.05) is 50.2 Å². The van der Waals surface area contributed by atoms with Crippen molar-refractivity contribution in [2.45, 2.75) is 52.1 Å². The summed E-state index contributed by atoms with van der Waals surface area (Å²) >= 11 is 0. The number of phenols is 1. The molecule has 2 nitrogen and oxygen atoms in total. The van der Waals surface area contributed by atoms with Crippen molar-refractivity contribution >= 4 is 10.8 Å². The zero-order valence-corrected chi connectivity index (χ0v) is 13.2. The van der Waals surface area contributed by atoms with E-state index in [0.717, 1.165) is 16.3 Å². The van der Waals surface area contributed by atoms with E-state index in [2.05, 4.69) is 38.2 Å². The molecule has 112 valence electrons. The average Bonchev–Trinajstić information content (AvgIpc) is 2.78. The van der Waals surface area contributed by atoms with Crippen LogP contribution >= 0.6 is 0 Å². The third-order valence-corrected chi connectivity index (χ3v) is 4.85. The Kier molecular flexibility index (Phi) is 3.66. The minimum absolute atomic E-state index is 0.175. The minimum Gasteiger partial charge on any atom is -0.507 e. The Bertz CT molecular complexity index is 647. The van der Waals surface area contributed by atoms with Crippen LogP contribution in [0.4, 0.5) is 0 Å². The van der Waals surface area contributed by atoms with E-state index >= 15 is 0 Å². The molecule has 0 bridgehead atoms. The molecule has 0 aromatic heterocycles. The number of rotatable bonds is 3. The molecule has 1 aliphatic rings. The molecule has 0 amide bonds. The summed E-state index contributed by atoms with van der Waals surface area (Å²) < 4.78 is 0. The number of phenolic OH excluding ortho intramolecular Hbond substituents is 1. The van der Waals surface area contributed by atoms with Crippen molar-refractivity contribution in [2.24, 2.45) is 5.41 Å². The first-order valence-electron chi connectivity index (χ1n) is 7.93. The van der Waals surface area contributed by atoms with Gasteiger partial charge in [0.15, 0.2) is 0 Å². The lowest BCUT2D eigenvalue weighted by Gasteiger charge is -2.23. The predicted molar refractivity (Wildman–Crippen MR) is 88.6 cm³/mol. The van der Waals surface area contributed by atoms with E-state index in [4.69, 9.17) is 0 Å². The largest absolute Gasteiger partial charge is 0.507 e. The first kappa shape index (κ1) is 14.4. The SMILES string of the molecule is CC(NC1CCC(C)(C)C1)c1ccc2ccccc2c1O. The van der Waals surface area contributed by atoms with Crippen molar-refractivity contribution in [1.29, 1.82) is 0 Å². The first-order valence-corrected chi connectivity index (χ1v) is 7.93. The van der Waals surface area contributed by atoms with Gasteiger partial charge in [0.1, 0.15) is 5.75 Å². The Hall–Kier alpha value is -1.54. The number of aromatic hydroxyl groups is 1. The van der Waals surface area contributed by atoms with Crippen molar-refractivity contribution in [3.63, 3.8) is 0 Å². The van der Waals surface area contributed by atoms with E-state index in [1.165, 1.54) is 19.3 Å². The highest BCUT2D eigenvalue weighted by Crippen LogP contribution is 2.39. The van der Waals surface area contributed by atoms with Gasteiger partial charge in [0.05, 0.1) is 0 Å². The van der Waals surface area contributed by atoms with Crippen LogP contribution in [0, 0.1) is 5.41 Å². The molecule has 21 heavy (non-hydrogen) atoms. The molecule has 0 heterocycles. The summed E-state index contributed by atoms with van der Waals surface area (Å²) in [5.41, 5.74) is 1.45. The molecule has 2 atom stereocenters. The molecule has 2 heteroatoms.